The molecule has 1 aromatic carbocycles. The third-order valence-corrected chi connectivity index (χ3v) is 3.44. The summed E-state index contributed by atoms with van der Waals surface area (Å²) in [5, 5.41) is -0.0645. The molecule has 1 aromatic rings. The van der Waals surface area contributed by atoms with Gasteiger partial charge in [-0.3, -0.25) is 4.79 Å². The molecular formula is C12H14O3S. The van der Waals surface area contributed by atoms with Gasteiger partial charge in [0.05, 0.1) is 13.2 Å². The van der Waals surface area contributed by atoms with Gasteiger partial charge in [-0.1, -0.05) is 30.3 Å². The third kappa shape index (κ3) is 3.00. The van der Waals surface area contributed by atoms with Gasteiger partial charge in [-0.25, -0.2) is 0 Å². The van der Waals surface area contributed by atoms with E-state index in [9.17, 15) is 4.79 Å². The molecule has 1 heterocycles. The Labute approximate surface area is 99.1 Å². The maximum Gasteiger partial charge on any atom is 0.320 e. The molecule has 3 nitrogen and oxygen atoms in total. The number of rotatable bonds is 4. The van der Waals surface area contributed by atoms with Gasteiger partial charge in [0.25, 0.3) is 0 Å². The molecule has 0 amide bonds. The van der Waals surface area contributed by atoms with Crippen molar-refractivity contribution in [3.63, 3.8) is 0 Å². The molecule has 0 aromatic heterocycles. The number of thioether (sulfide) groups is 1. The Morgan fingerprint density at radius 2 is 2.12 bits per heavy atom. The van der Waals surface area contributed by atoms with Crippen molar-refractivity contribution in [1.29, 1.82) is 0 Å². The van der Waals surface area contributed by atoms with Crippen molar-refractivity contribution in [3.8, 4) is 0 Å². The molecule has 86 valence electrons. The van der Waals surface area contributed by atoms with E-state index in [-0.39, 0.29) is 16.7 Å². The molecule has 2 rings (SSSR count). The number of carbonyl (C=O) groups excluding carboxylic acids is 1. The lowest BCUT2D eigenvalue weighted by Gasteiger charge is -2.09. The Balaban J connectivity index is 1.71. The highest BCUT2D eigenvalue weighted by molar-refractivity contribution is 8.01. The van der Waals surface area contributed by atoms with Crippen molar-refractivity contribution >= 4 is 17.7 Å². The monoisotopic (exact) mass is 238 g/mol. The Kier molecular flexibility index (Phi) is 3.85. The summed E-state index contributed by atoms with van der Waals surface area (Å²) in [6.45, 7) is 2.86. The second-order valence-electron chi connectivity index (χ2n) is 3.65. The average Bonchev–Trinajstić information content (AvgIpc) is 2.60. The lowest BCUT2D eigenvalue weighted by Crippen LogP contribution is -2.13. The van der Waals surface area contributed by atoms with Gasteiger partial charge in [0.2, 0.25) is 0 Å². The van der Waals surface area contributed by atoms with Crippen LogP contribution in [0.4, 0.5) is 0 Å². The van der Waals surface area contributed by atoms with E-state index in [1.807, 2.05) is 37.3 Å². The van der Waals surface area contributed by atoms with Crippen LogP contribution < -0.4 is 0 Å². The first kappa shape index (κ1) is 11.5. The summed E-state index contributed by atoms with van der Waals surface area (Å²) in [6, 6.07) is 9.95. The van der Waals surface area contributed by atoms with Crippen molar-refractivity contribution in [1.82, 2.24) is 0 Å². The van der Waals surface area contributed by atoms with Crippen molar-refractivity contribution in [2.45, 2.75) is 24.2 Å². The van der Waals surface area contributed by atoms with Crippen LogP contribution in [0.3, 0.4) is 0 Å². The normalized spacial score (nSPS) is 24.4. The first-order valence-electron chi connectivity index (χ1n) is 5.23. The lowest BCUT2D eigenvalue weighted by molar-refractivity contribution is -0.143. The molecule has 0 unspecified atom stereocenters. The largest absolute Gasteiger partial charge is 0.448 e. The molecule has 0 bridgehead atoms. The van der Waals surface area contributed by atoms with E-state index in [4.69, 9.17) is 9.47 Å². The molecular weight excluding hydrogens is 224 g/mol. The van der Waals surface area contributed by atoms with Gasteiger partial charge in [-0.2, -0.15) is 0 Å². The van der Waals surface area contributed by atoms with Crippen LogP contribution in [-0.2, 0) is 20.9 Å². The van der Waals surface area contributed by atoms with Crippen LogP contribution in [0.25, 0.3) is 0 Å². The minimum atomic E-state index is -0.147. The number of esters is 1. The van der Waals surface area contributed by atoms with Crippen LogP contribution in [0.15, 0.2) is 30.3 Å². The van der Waals surface area contributed by atoms with Crippen molar-refractivity contribution in [3.05, 3.63) is 35.9 Å². The van der Waals surface area contributed by atoms with Crippen molar-refractivity contribution in [2.24, 2.45) is 0 Å². The maximum atomic E-state index is 11.1. The molecule has 1 aliphatic heterocycles. The third-order valence-electron chi connectivity index (χ3n) is 2.30. The van der Waals surface area contributed by atoms with Crippen LogP contribution in [0.1, 0.15) is 12.5 Å². The second-order valence-corrected chi connectivity index (χ2v) is 5.15. The van der Waals surface area contributed by atoms with Gasteiger partial charge >= 0.3 is 5.97 Å². The topological polar surface area (TPSA) is 35.5 Å². The van der Waals surface area contributed by atoms with E-state index in [1.165, 1.54) is 11.8 Å². The molecule has 0 N–H and O–H groups in total. The number of benzene rings is 1. The number of hydrogen-bond donors (Lipinski definition) is 0. The van der Waals surface area contributed by atoms with Crippen LogP contribution >= 0.6 is 11.8 Å². The zero-order valence-corrected chi connectivity index (χ0v) is 9.91. The van der Waals surface area contributed by atoms with E-state index in [0.717, 1.165) is 5.56 Å². The fourth-order valence-corrected chi connectivity index (χ4v) is 2.40. The lowest BCUT2D eigenvalue weighted by atomic mass is 10.2. The van der Waals surface area contributed by atoms with Gasteiger partial charge in [0.1, 0.15) is 5.25 Å². The van der Waals surface area contributed by atoms with Gasteiger partial charge < -0.3 is 9.47 Å². The number of cyclic esters (lactones) is 1. The quantitative estimate of drug-likeness (QED) is 0.753. The molecule has 4 heteroatoms. The minimum Gasteiger partial charge on any atom is -0.448 e. The molecule has 2 atom stereocenters. The van der Waals surface area contributed by atoms with E-state index >= 15 is 0 Å². The summed E-state index contributed by atoms with van der Waals surface area (Å²) in [5.41, 5.74) is 0.982. The smallest absolute Gasteiger partial charge is 0.320 e. The van der Waals surface area contributed by atoms with E-state index < -0.39 is 0 Å². The summed E-state index contributed by atoms with van der Waals surface area (Å²) in [4.78, 5) is 11.1. The zero-order chi connectivity index (χ0) is 11.4. The molecule has 1 fully saturated rings. The highest BCUT2D eigenvalue weighted by atomic mass is 32.2. The average molecular weight is 238 g/mol. The standard InChI is InChI=1S/C12H14O3S/c1-9-12(13)15-11(16-9)8-14-7-10-5-3-2-4-6-10/h2-6,9,11H,7-8H2,1H3/t9-,11-/m0/s1. The Morgan fingerprint density at radius 1 is 1.38 bits per heavy atom. The van der Waals surface area contributed by atoms with E-state index in [1.54, 1.807) is 0 Å². The number of hydrogen-bond acceptors (Lipinski definition) is 4. The predicted octanol–water partition coefficient (Wildman–Crippen LogP) is 2.21. The summed E-state index contributed by atoms with van der Waals surface area (Å²) in [5.74, 6) is -0.140. The van der Waals surface area contributed by atoms with E-state index in [2.05, 4.69) is 0 Å². The highest BCUT2D eigenvalue weighted by Gasteiger charge is 2.31. The van der Waals surface area contributed by atoms with Crippen molar-refractivity contribution in [2.75, 3.05) is 6.61 Å². The van der Waals surface area contributed by atoms with Crippen LogP contribution in [-0.4, -0.2) is 23.3 Å². The van der Waals surface area contributed by atoms with Gasteiger partial charge in [-0.05, 0) is 12.5 Å². The summed E-state index contributed by atoms with van der Waals surface area (Å²) in [6.07, 6.45) is 0. The molecule has 0 spiro atoms. The fraction of sp³-hybridized carbons (Fsp3) is 0.417. The molecule has 0 aliphatic carbocycles. The summed E-state index contributed by atoms with van der Waals surface area (Å²) < 4.78 is 10.6. The van der Waals surface area contributed by atoms with Crippen LogP contribution in [0.2, 0.25) is 0 Å². The van der Waals surface area contributed by atoms with Gasteiger partial charge in [0, 0.05) is 0 Å². The first-order chi connectivity index (χ1) is 7.75. The summed E-state index contributed by atoms with van der Waals surface area (Å²) in [7, 11) is 0. The zero-order valence-electron chi connectivity index (χ0n) is 9.09. The Morgan fingerprint density at radius 3 is 2.75 bits per heavy atom. The van der Waals surface area contributed by atoms with Crippen molar-refractivity contribution < 1.29 is 14.3 Å². The van der Waals surface area contributed by atoms with Gasteiger partial charge in [-0.15, -0.1) is 11.8 Å². The highest BCUT2D eigenvalue weighted by Crippen LogP contribution is 2.28. The first-order valence-corrected chi connectivity index (χ1v) is 6.17. The molecule has 1 saturated heterocycles. The fourth-order valence-electron chi connectivity index (χ4n) is 1.46. The number of ether oxygens (including phenoxy) is 2. The molecule has 0 saturated carbocycles. The summed E-state index contributed by atoms with van der Waals surface area (Å²) >= 11 is 1.51. The molecule has 16 heavy (non-hydrogen) atoms. The number of carbonyl (C=O) groups is 1. The SMILES string of the molecule is C[C@@H]1S[C@@H](COCc2ccccc2)OC1=O. The maximum absolute atomic E-state index is 11.1. The Bertz CT molecular complexity index is 353. The van der Waals surface area contributed by atoms with E-state index in [0.29, 0.717) is 13.2 Å². The predicted molar refractivity (Wildman–Crippen MR) is 63.0 cm³/mol. The van der Waals surface area contributed by atoms with Crippen LogP contribution in [0, 0.1) is 0 Å². The second kappa shape index (κ2) is 5.37. The molecule has 1 aliphatic rings. The van der Waals surface area contributed by atoms with Crippen LogP contribution in [0.5, 0.6) is 0 Å². The van der Waals surface area contributed by atoms with Gasteiger partial charge in [0.15, 0.2) is 5.44 Å². The minimum absolute atomic E-state index is 0.0645. The molecule has 0 radical (unpaired) electrons. The Hall–Kier alpha value is -1.00.